The summed E-state index contributed by atoms with van der Waals surface area (Å²) in [7, 11) is 3.25. The first kappa shape index (κ1) is 15.0. The van der Waals surface area contributed by atoms with E-state index in [1.807, 2.05) is 48.5 Å². The molecule has 106 valence electrons. The Morgan fingerprint density at radius 2 is 1.62 bits per heavy atom. The molecule has 2 aromatic rings. The van der Waals surface area contributed by atoms with Gasteiger partial charge in [-0.25, -0.2) is 0 Å². The molecule has 0 bridgehead atoms. The lowest BCUT2D eigenvalue weighted by Gasteiger charge is -2.08. The van der Waals surface area contributed by atoms with Gasteiger partial charge in [0.05, 0.1) is 31.9 Å². The highest BCUT2D eigenvalue weighted by Gasteiger charge is 2.21. The first-order chi connectivity index (χ1) is 9.81. The van der Waals surface area contributed by atoms with Crippen molar-refractivity contribution >= 4 is 18.0 Å². The molecule has 0 radical (unpaired) electrons. The van der Waals surface area contributed by atoms with Gasteiger partial charge in [-0.1, -0.05) is 23.2 Å². The number of halogens is 1. The fraction of sp³-hybridized carbons (Fsp3) is 0.118. The highest BCUT2D eigenvalue weighted by atomic mass is 35.5. The standard InChI is InChI=1S/C17H14NO2.ClH/c1-19-16-9-13-8-15(12-6-4-3-5-7-12)18-11-14(13)10-17(16)20-2;/h3-10H,1-2H3;1H/q+1;/p-1. The minimum absolute atomic E-state index is 0. The molecule has 0 spiro atoms. The summed E-state index contributed by atoms with van der Waals surface area (Å²) in [6.45, 7) is 0. The van der Waals surface area contributed by atoms with E-state index < -0.39 is 0 Å². The molecule has 3 rings (SSSR count). The minimum atomic E-state index is 0. The summed E-state index contributed by atoms with van der Waals surface area (Å²) in [5.74, 6) is 1.39. The second kappa shape index (κ2) is 6.40. The monoisotopic (exact) mass is 299 g/mol. The van der Waals surface area contributed by atoms with Crippen LogP contribution in [-0.2, 0) is 0 Å². The maximum atomic E-state index is 5.33. The molecule has 0 atom stereocenters. The highest BCUT2D eigenvalue weighted by Crippen LogP contribution is 2.34. The molecular weight excluding hydrogens is 286 g/mol. The predicted molar refractivity (Wildman–Crippen MR) is 80.4 cm³/mol. The molecule has 0 fully saturated rings. The fourth-order valence-electron chi connectivity index (χ4n) is 2.17. The molecule has 1 aliphatic rings. The lowest BCUT2D eigenvalue weighted by atomic mass is 10.0. The van der Waals surface area contributed by atoms with E-state index in [1.165, 1.54) is 0 Å². The van der Waals surface area contributed by atoms with E-state index in [9.17, 15) is 0 Å². The molecular formula is C17H14ClNO2. The molecule has 0 aromatic heterocycles. The van der Waals surface area contributed by atoms with Crippen molar-refractivity contribution < 1.29 is 21.9 Å². The molecule has 3 nitrogen and oxygen atoms in total. The zero-order valence-corrected chi connectivity index (χ0v) is 12.5. The Bertz CT molecular complexity index is 693. The summed E-state index contributed by atoms with van der Waals surface area (Å²) in [5, 5.41) is 0. The number of benzene rings is 2. The van der Waals surface area contributed by atoms with Gasteiger partial charge in [0.15, 0.2) is 17.0 Å². The lowest BCUT2D eigenvalue weighted by molar-refractivity contribution is -0.00000443. The Morgan fingerprint density at radius 1 is 0.952 bits per heavy atom. The summed E-state index contributed by atoms with van der Waals surface area (Å²) >= 11 is 0. The number of hydrogen-bond acceptors (Lipinski definition) is 3. The molecule has 0 saturated heterocycles. The van der Waals surface area contributed by atoms with Crippen LogP contribution in [0.1, 0.15) is 16.7 Å². The SMILES string of the molecule is COc1cc2c(cc1OC)C=C(c1ccccc1)N=[C+]2.[Cl-]. The Balaban J connectivity index is 0.00000161. The zero-order chi connectivity index (χ0) is 13.9. The fourth-order valence-corrected chi connectivity index (χ4v) is 2.17. The number of nitrogens with zero attached hydrogens (tertiary/aromatic N) is 1. The number of ether oxygens (including phenoxy) is 2. The topological polar surface area (TPSA) is 30.8 Å². The quantitative estimate of drug-likeness (QED) is 0.774. The van der Waals surface area contributed by atoms with E-state index in [1.54, 1.807) is 14.2 Å². The minimum Gasteiger partial charge on any atom is -1.00 e. The first-order valence-electron chi connectivity index (χ1n) is 6.31. The van der Waals surface area contributed by atoms with Crippen LogP contribution in [0.15, 0.2) is 47.5 Å². The van der Waals surface area contributed by atoms with Gasteiger partial charge in [0.2, 0.25) is 5.75 Å². The zero-order valence-electron chi connectivity index (χ0n) is 11.8. The summed E-state index contributed by atoms with van der Waals surface area (Å²) in [6.07, 6.45) is 5.09. The smallest absolute Gasteiger partial charge is 0.206 e. The van der Waals surface area contributed by atoms with Crippen LogP contribution in [0.3, 0.4) is 0 Å². The van der Waals surface area contributed by atoms with Gasteiger partial charge < -0.3 is 21.9 Å². The van der Waals surface area contributed by atoms with E-state index in [0.29, 0.717) is 11.5 Å². The highest BCUT2D eigenvalue weighted by molar-refractivity contribution is 5.99. The van der Waals surface area contributed by atoms with Crippen LogP contribution in [-0.4, -0.2) is 20.4 Å². The third kappa shape index (κ3) is 2.89. The average molecular weight is 300 g/mol. The van der Waals surface area contributed by atoms with Gasteiger partial charge in [-0.3, -0.25) is 0 Å². The molecule has 1 heterocycles. The Hall–Kier alpha value is -2.35. The van der Waals surface area contributed by atoms with Crippen molar-refractivity contribution in [2.75, 3.05) is 14.2 Å². The van der Waals surface area contributed by atoms with E-state index in [-0.39, 0.29) is 12.4 Å². The largest absolute Gasteiger partial charge is 1.00 e. The number of rotatable bonds is 3. The molecule has 4 heteroatoms. The van der Waals surface area contributed by atoms with Crippen LogP contribution >= 0.6 is 0 Å². The summed E-state index contributed by atoms with van der Waals surface area (Å²) in [6, 6.07) is 13.9. The predicted octanol–water partition coefficient (Wildman–Crippen LogP) is 0.515. The van der Waals surface area contributed by atoms with Crippen LogP contribution in [0.5, 0.6) is 11.5 Å². The van der Waals surface area contributed by atoms with Crippen molar-refractivity contribution in [1.29, 1.82) is 0 Å². The summed E-state index contributed by atoms with van der Waals surface area (Å²) < 4.78 is 10.6. The maximum Gasteiger partial charge on any atom is 0.206 e. The van der Waals surface area contributed by atoms with Gasteiger partial charge in [0, 0.05) is 11.6 Å². The van der Waals surface area contributed by atoms with Gasteiger partial charge in [-0.2, -0.15) is 0 Å². The second-order valence-electron chi connectivity index (χ2n) is 4.41. The van der Waals surface area contributed by atoms with Crippen LogP contribution in [0.4, 0.5) is 0 Å². The van der Waals surface area contributed by atoms with Crippen molar-refractivity contribution in [2.45, 2.75) is 0 Å². The Labute approximate surface area is 130 Å². The number of methoxy groups -OCH3 is 2. The molecule has 0 N–H and O–H groups in total. The Morgan fingerprint density at radius 3 is 2.29 bits per heavy atom. The van der Waals surface area contributed by atoms with Gasteiger partial charge in [-0.05, 0) is 12.1 Å². The van der Waals surface area contributed by atoms with Gasteiger partial charge in [-0.15, -0.1) is 0 Å². The summed E-state index contributed by atoms with van der Waals surface area (Å²) in [4.78, 5) is 4.39. The van der Waals surface area contributed by atoms with Gasteiger partial charge in [0.1, 0.15) is 6.21 Å². The van der Waals surface area contributed by atoms with E-state index >= 15 is 0 Å². The van der Waals surface area contributed by atoms with Crippen LogP contribution in [0, 0.1) is 0 Å². The maximum absolute atomic E-state index is 5.33. The van der Waals surface area contributed by atoms with Crippen molar-refractivity contribution in [1.82, 2.24) is 0 Å². The van der Waals surface area contributed by atoms with Gasteiger partial charge in [0.25, 0.3) is 0 Å². The number of hydrogen-bond donors (Lipinski definition) is 0. The number of fused-ring (bicyclic) bond motifs is 1. The van der Waals surface area contributed by atoms with E-state index in [0.717, 1.165) is 22.4 Å². The molecule has 21 heavy (non-hydrogen) atoms. The molecule has 0 unspecified atom stereocenters. The normalized spacial score (nSPS) is 11.6. The first-order valence-corrected chi connectivity index (χ1v) is 6.31. The third-order valence-corrected chi connectivity index (χ3v) is 3.21. The van der Waals surface area contributed by atoms with Crippen molar-refractivity contribution in [3.63, 3.8) is 0 Å². The van der Waals surface area contributed by atoms with Crippen LogP contribution in [0.25, 0.3) is 11.8 Å². The molecule has 2 aromatic carbocycles. The van der Waals surface area contributed by atoms with Crippen LogP contribution in [0.2, 0.25) is 0 Å². The summed E-state index contributed by atoms with van der Waals surface area (Å²) in [5.41, 5.74) is 3.89. The van der Waals surface area contributed by atoms with Crippen molar-refractivity contribution in [3.05, 3.63) is 59.2 Å². The van der Waals surface area contributed by atoms with Crippen LogP contribution < -0.4 is 21.9 Å². The van der Waals surface area contributed by atoms with E-state index in [4.69, 9.17) is 9.47 Å². The number of aliphatic imine (C=N–C) groups is 1. The van der Waals surface area contributed by atoms with Crippen molar-refractivity contribution in [3.8, 4) is 11.5 Å². The van der Waals surface area contributed by atoms with Crippen molar-refractivity contribution in [2.24, 2.45) is 4.99 Å². The Kier molecular flexibility index (Phi) is 4.59. The average Bonchev–Trinajstić information content (AvgIpc) is 2.53. The molecule has 0 saturated carbocycles. The second-order valence-corrected chi connectivity index (χ2v) is 4.41. The molecule has 1 aliphatic heterocycles. The molecule has 0 aliphatic carbocycles. The van der Waals surface area contributed by atoms with Gasteiger partial charge >= 0.3 is 0 Å². The third-order valence-electron chi connectivity index (χ3n) is 3.21. The lowest BCUT2D eigenvalue weighted by Crippen LogP contribution is -3.00. The van der Waals surface area contributed by atoms with E-state index in [2.05, 4.69) is 11.2 Å². The molecule has 0 amide bonds.